The number of hydrogen-bond donors (Lipinski definition) is 1. The van der Waals surface area contributed by atoms with Crippen LogP contribution in [0.25, 0.3) is 0 Å². The summed E-state index contributed by atoms with van der Waals surface area (Å²) in [5, 5.41) is 8.70. The Bertz CT molecular complexity index is 398. The summed E-state index contributed by atoms with van der Waals surface area (Å²) in [6.07, 6.45) is -1.94. The highest BCUT2D eigenvalue weighted by atomic mass is 79.9. The van der Waals surface area contributed by atoms with Crippen LogP contribution in [0.2, 0.25) is 0 Å². The lowest BCUT2D eigenvalue weighted by atomic mass is 10.2. The number of nitrogens with zero attached hydrogens (tertiary/aromatic N) is 1. The topological polar surface area (TPSA) is 59.4 Å². The number of halogens is 3. The van der Waals surface area contributed by atoms with Crippen LogP contribution in [0.1, 0.15) is 22.5 Å². The summed E-state index contributed by atoms with van der Waals surface area (Å²) in [5.74, 6) is -1.55. The summed E-state index contributed by atoms with van der Waals surface area (Å²) in [4.78, 5) is 14.1. The lowest BCUT2D eigenvalue weighted by Crippen LogP contribution is -2.06. The van der Waals surface area contributed by atoms with Crippen LogP contribution < -0.4 is 4.74 Å². The van der Waals surface area contributed by atoms with E-state index in [1.165, 1.54) is 7.11 Å². The Morgan fingerprint density at radius 1 is 1.67 bits per heavy atom. The third-order valence-corrected chi connectivity index (χ3v) is 2.46. The Labute approximate surface area is 92.0 Å². The van der Waals surface area contributed by atoms with E-state index in [9.17, 15) is 13.6 Å². The van der Waals surface area contributed by atoms with Gasteiger partial charge in [0.25, 0.3) is 6.43 Å². The molecule has 1 aromatic rings. The van der Waals surface area contributed by atoms with Gasteiger partial charge in [0.1, 0.15) is 0 Å². The number of rotatable bonds is 3. The fourth-order valence-corrected chi connectivity index (χ4v) is 1.60. The van der Waals surface area contributed by atoms with Gasteiger partial charge >= 0.3 is 5.97 Å². The molecular formula is C8H6BrF2NO3. The molecule has 1 heterocycles. The predicted octanol–water partition coefficient (Wildman–Crippen LogP) is 2.49. The summed E-state index contributed by atoms with van der Waals surface area (Å²) in [6, 6.07) is 0. The molecule has 1 rings (SSSR count). The van der Waals surface area contributed by atoms with E-state index >= 15 is 0 Å². The fourth-order valence-electron chi connectivity index (χ4n) is 0.975. The average Bonchev–Trinajstić information content (AvgIpc) is 2.16. The average molecular weight is 282 g/mol. The van der Waals surface area contributed by atoms with E-state index in [1.54, 1.807) is 0 Å². The van der Waals surface area contributed by atoms with E-state index in [0.29, 0.717) is 0 Å². The van der Waals surface area contributed by atoms with Crippen molar-refractivity contribution in [3.05, 3.63) is 21.9 Å². The van der Waals surface area contributed by atoms with Gasteiger partial charge in [-0.25, -0.2) is 18.6 Å². The molecule has 15 heavy (non-hydrogen) atoms. The van der Waals surface area contributed by atoms with Gasteiger partial charge in [-0.3, -0.25) is 0 Å². The first-order chi connectivity index (χ1) is 6.99. The van der Waals surface area contributed by atoms with Gasteiger partial charge in [-0.1, -0.05) is 0 Å². The molecule has 0 fully saturated rings. The SMILES string of the molecule is COc1c(C(=O)O)ncc(C(F)F)c1Br. The maximum absolute atomic E-state index is 12.4. The molecule has 0 bridgehead atoms. The van der Waals surface area contributed by atoms with Gasteiger partial charge < -0.3 is 9.84 Å². The highest BCUT2D eigenvalue weighted by Gasteiger charge is 2.22. The first kappa shape index (κ1) is 11.8. The van der Waals surface area contributed by atoms with Crippen LogP contribution in [0, 0.1) is 0 Å². The van der Waals surface area contributed by atoms with Crippen LogP contribution >= 0.6 is 15.9 Å². The lowest BCUT2D eigenvalue weighted by Gasteiger charge is -2.09. The van der Waals surface area contributed by atoms with Crippen LogP contribution in [-0.2, 0) is 0 Å². The molecule has 0 atom stereocenters. The molecule has 0 amide bonds. The summed E-state index contributed by atoms with van der Waals surface area (Å²) in [6.45, 7) is 0. The van der Waals surface area contributed by atoms with Gasteiger partial charge in [0, 0.05) is 6.20 Å². The molecule has 0 aromatic carbocycles. The Kier molecular flexibility index (Phi) is 3.57. The molecule has 0 unspecified atom stereocenters. The Morgan fingerprint density at radius 3 is 2.67 bits per heavy atom. The second-order valence-corrected chi connectivity index (χ2v) is 3.31. The van der Waals surface area contributed by atoms with Gasteiger partial charge in [-0.05, 0) is 15.9 Å². The summed E-state index contributed by atoms with van der Waals surface area (Å²) in [7, 11) is 1.18. The van der Waals surface area contributed by atoms with E-state index < -0.39 is 23.7 Å². The number of alkyl halides is 2. The van der Waals surface area contributed by atoms with Gasteiger partial charge in [0.15, 0.2) is 11.4 Å². The van der Waals surface area contributed by atoms with Crippen molar-refractivity contribution in [2.75, 3.05) is 7.11 Å². The highest BCUT2D eigenvalue weighted by Crippen LogP contribution is 2.35. The van der Waals surface area contributed by atoms with Gasteiger partial charge in [0.2, 0.25) is 0 Å². The Hall–Kier alpha value is -1.24. The molecule has 0 spiro atoms. The molecule has 0 aliphatic heterocycles. The van der Waals surface area contributed by atoms with Crippen LogP contribution in [0.15, 0.2) is 10.7 Å². The largest absolute Gasteiger partial charge is 0.493 e. The van der Waals surface area contributed by atoms with E-state index in [-0.39, 0.29) is 10.2 Å². The molecule has 0 aliphatic rings. The predicted molar refractivity (Wildman–Crippen MR) is 50.4 cm³/mol. The molecule has 1 N–H and O–H groups in total. The molecule has 82 valence electrons. The van der Waals surface area contributed by atoms with Crippen molar-refractivity contribution in [1.29, 1.82) is 0 Å². The first-order valence-electron chi connectivity index (χ1n) is 3.72. The zero-order chi connectivity index (χ0) is 11.6. The molecule has 1 aromatic heterocycles. The van der Waals surface area contributed by atoms with Gasteiger partial charge in [0.05, 0.1) is 17.1 Å². The van der Waals surface area contributed by atoms with Gasteiger partial charge in [-0.2, -0.15) is 0 Å². The van der Waals surface area contributed by atoms with Crippen molar-refractivity contribution in [3.8, 4) is 5.75 Å². The van der Waals surface area contributed by atoms with E-state index in [4.69, 9.17) is 9.84 Å². The van der Waals surface area contributed by atoms with E-state index in [1.807, 2.05) is 0 Å². The molecule has 0 aliphatic carbocycles. The second kappa shape index (κ2) is 4.52. The molecule has 0 saturated heterocycles. The van der Waals surface area contributed by atoms with E-state index in [0.717, 1.165) is 6.20 Å². The number of hydrogen-bond acceptors (Lipinski definition) is 3. The summed E-state index contributed by atoms with van der Waals surface area (Å²) in [5.41, 5.74) is -0.814. The number of aromatic nitrogens is 1. The third kappa shape index (κ3) is 2.23. The number of ether oxygens (including phenoxy) is 1. The molecular weight excluding hydrogens is 276 g/mol. The zero-order valence-electron chi connectivity index (χ0n) is 7.50. The van der Waals surface area contributed by atoms with Crippen molar-refractivity contribution >= 4 is 21.9 Å². The summed E-state index contributed by atoms with van der Waals surface area (Å²) < 4.78 is 29.4. The fraction of sp³-hybridized carbons (Fsp3) is 0.250. The Morgan fingerprint density at radius 2 is 2.27 bits per heavy atom. The van der Waals surface area contributed by atoms with Crippen molar-refractivity contribution in [3.63, 3.8) is 0 Å². The monoisotopic (exact) mass is 281 g/mol. The van der Waals surface area contributed by atoms with E-state index in [2.05, 4.69) is 20.9 Å². The summed E-state index contributed by atoms with van der Waals surface area (Å²) >= 11 is 2.85. The maximum atomic E-state index is 12.4. The zero-order valence-corrected chi connectivity index (χ0v) is 9.09. The standard InChI is InChI=1S/C8H6BrF2NO3/c1-15-6-4(9)3(7(10)11)2-12-5(6)8(13)14/h2,7H,1H3,(H,13,14). The first-order valence-corrected chi connectivity index (χ1v) is 4.52. The minimum absolute atomic E-state index is 0.0904. The van der Waals surface area contributed by atoms with Gasteiger partial charge in [-0.15, -0.1) is 0 Å². The minimum atomic E-state index is -2.75. The lowest BCUT2D eigenvalue weighted by molar-refractivity contribution is 0.0685. The quantitative estimate of drug-likeness (QED) is 0.925. The molecule has 0 radical (unpaired) electrons. The number of carboxylic acids is 1. The van der Waals surface area contributed by atoms with Crippen molar-refractivity contribution < 1.29 is 23.4 Å². The number of methoxy groups -OCH3 is 1. The van der Waals surface area contributed by atoms with Crippen molar-refractivity contribution in [1.82, 2.24) is 4.98 Å². The van der Waals surface area contributed by atoms with Crippen LogP contribution in [0.4, 0.5) is 8.78 Å². The van der Waals surface area contributed by atoms with Crippen molar-refractivity contribution in [2.24, 2.45) is 0 Å². The van der Waals surface area contributed by atoms with Crippen LogP contribution in [0.5, 0.6) is 5.75 Å². The highest BCUT2D eigenvalue weighted by molar-refractivity contribution is 9.10. The smallest absolute Gasteiger partial charge is 0.358 e. The Balaban J connectivity index is 3.39. The van der Waals surface area contributed by atoms with Crippen LogP contribution in [-0.4, -0.2) is 23.2 Å². The number of carbonyl (C=O) groups is 1. The molecule has 0 saturated carbocycles. The number of pyridine rings is 1. The van der Waals surface area contributed by atoms with Crippen molar-refractivity contribution in [2.45, 2.75) is 6.43 Å². The normalized spacial score (nSPS) is 10.5. The molecule has 7 heteroatoms. The minimum Gasteiger partial charge on any atom is -0.493 e. The third-order valence-electron chi connectivity index (χ3n) is 1.64. The van der Waals surface area contributed by atoms with Crippen LogP contribution in [0.3, 0.4) is 0 Å². The number of carboxylic acid groups (broad SMARTS) is 1. The second-order valence-electron chi connectivity index (χ2n) is 2.52. The number of aromatic carboxylic acids is 1. The maximum Gasteiger partial charge on any atom is 0.358 e. The molecule has 4 nitrogen and oxygen atoms in total.